The van der Waals surface area contributed by atoms with Crippen molar-refractivity contribution in [1.82, 2.24) is 4.98 Å². The van der Waals surface area contributed by atoms with E-state index in [-0.39, 0.29) is 26.4 Å². The predicted octanol–water partition coefficient (Wildman–Crippen LogP) is 3.86. The average molecular weight is 517 g/mol. The first-order chi connectivity index (χ1) is 16.3. The summed E-state index contributed by atoms with van der Waals surface area (Å²) in [4.78, 5) is 27.7. The standard InChI is InChI=1S/C23H18ClN3O5S2/c1-32-22(29)17-13-15(11-12-18(17)24)25-21(28)14-33-23-26-19-9-5-6-10-20(19)27(23)34(30,31)16-7-3-2-4-8-16/h2-13H,14H2,1H3,(H,25,28)/p+1. The number of ether oxygens (including phenoxy) is 1. The first-order valence-electron chi connectivity index (χ1n) is 9.95. The molecule has 2 N–H and O–H groups in total. The Morgan fingerprint density at radius 3 is 2.50 bits per heavy atom. The number of esters is 1. The fraction of sp³-hybridized carbons (Fsp3) is 0.0870. The van der Waals surface area contributed by atoms with E-state index in [1.807, 2.05) is 0 Å². The molecule has 1 amide bonds. The summed E-state index contributed by atoms with van der Waals surface area (Å²) in [7, 11) is -2.68. The fourth-order valence-corrected chi connectivity index (χ4v) is 6.04. The number of hydrogen-bond donors (Lipinski definition) is 2. The van der Waals surface area contributed by atoms with E-state index in [9.17, 15) is 18.0 Å². The molecule has 0 aliphatic rings. The molecule has 0 atom stereocenters. The summed E-state index contributed by atoms with van der Waals surface area (Å²) in [6, 6.07) is 19.5. The molecule has 0 radical (unpaired) electrons. The Balaban J connectivity index is 1.60. The van der Waals surface area contributed by atoms with Gasteiger partial charge in [0.2, 0.25) is 5.91 Å². The van der Waals surface area contributed by atoms with Crippen molar-refractivity contribution >= 4 is 62.0 Å². The molecule has 1 aromatic heterocycles. The normalized spacial score (nSPS) is 11.4. The number of nitrogens with zero attached hydrogens (tertiary/aromatic N) is 1. The number of nitrogens with one attached hydrogen (secondary N) is 2. The SMILES string of the molecule is COC(=O)c1cc(NC(=O)CSc2[nH]c3ccccc3[n+]2S(=O)(=O)c2ccccc2)ccc1Cl. The minimum Gasteiger partial charge on any atom is -0.465 e. The largest absolute Gasteiger partial charge is 0.465 e. The maximum atomic E-state index is 13.4. The van der Waals surface area contributed by atoms with Gasteiger partial charge in [-0.25, -0.2) is 9.78 Å². The molecular weight excluding hydrogens is 498 g/mol. The summed E-state index contributed by atoms with van der Waals surface area (Å²) in [5.41, 5.74) is 1.56. The molecule has 4 rings (SSSR count). The average Bonchev–Trinajstić information content (AvgIpc) is 3.23. The number of aromatic amines is 1. The second kappa shape index (κ2) is 9.88. The van der Waals surface area contributed by atoms with E-state index in [2.05, 4.69) is 15.0 Å². The lowest BCUT2D eigenvalue weighted by atomic mass is 10.2. The number of carbonyl (C=O) groups is 2. The molecule has 8 nitrogen and oxygen atoms in total. The molecule has 3 aromatic carbocycles. The highest BCUT2D eigenvalue weighted by Crippen LogP contribution is 2.24. The van der Waals surface area contributed by atoms with Crippen molar-refractivity contribution in [3.63, 3.8) is 0 Å². The van der Waals surface area contributed by atoms with E-state index in [0.717, 1.165) is 11.8 Å². The van der Waals surface area contributed by atoms with Crippen molar-refractivity contribution in [2.75, 3.05) is 18.2 Å². The van der Waals surface area contributed by atoms with Crippen LogP contribution >= 0.6 is 23.4 Å². The van der Waals surface area contributed by atoms with Crippen LogP contribution in [0, 0.1) is 0 Å². The lowest BCUT2D eigenvalue weighted by Gasteiger charge is -2.08. The Bertz CT molecular complexity index is 1490. The van der Waals surface area contributed by atoms with E-state index in [0.29, 0.717) is 16.7 Å². The molecular formula is C23H19ClN3O5S2+. The Kier molecular flexibility index (Phi) is 6.92. The third-order valence-electron chi connectivity index (χ3n) is 4.83. The molecule has 0 aliphatic carbocycles. The quantitative estimate of drug-likeness (QED) is 0.219. The number of anilines is 1. The van der Waals surface area contributed by atoms with Crippen LogP contribution in [0.25, 0.3) is 11.0 Å². The zero-order valence-electron chi connectivity index (χ0n) is 17.8. The van der Waals surface area contributed by atoms with Crippen molar-refractivity contribution in [3.8, 4) is 0 Å². The highest BCUT2D eigenvalue weighted by Gasteiger charge is 2.31. The van der Waals surface area contributed by atoms with Gasteiger partial charge in [-0.05, 0) is 54.2 Å². The first-order valence-corrected chi connectivity index (χ1v) is 12.8. The van der Waals surface area contributed by atoms with Crippen LogP contribution in [0.5, 0.6) is 0 Å². The molecule has 0 unspecified atom stereocenters. The molecule has 174 valence electrons. The number of carbonyl (C=O) groups excluding carboxylic acids is 2. The van der Waals surface area contributed by atoms with Crippen molar-refractivity contribution < 1.29 is 26.7 Å². The van der Waals surface area contributed by atoms with Gasteiger partial charge in [0.05, 0.1) is 23.4 Å². The summed E-state index contributed by atoms with van der Waals surface area (Å²) in [6.07, 6.45) is 0. The second-order valence-electron chi connectivity index (χ2n) is 7.05. The number of imidazole rings is 1. The van der Waals surface area contributed by atoms with Crippen molar-refractivity contribution in [3.05, 3.63) is 83.4 Å². The van der Waals surface area contributed by atoms with Crippen LogP contribution in [0.1, 0.15) is 10.4 Å². The number of para-hydroxylation sites is 2. The van der Waals surface area contributed by atoms with Crippen LogP contribution in [0.3, 0.4) is 0 Å². The summed E-state index contributed by atoms with van der Waals surface area (Å²) in [6.45, 7) is 0. The molecule has 0 spiro atoms. The number of amides is 1. The van der Waals surface area contributed by atoms with Crippen molar-refractivity contribution in [1.29, 1.82) is 0 Å². The topological polar surface area (TPSA) is 109 Å². The van der Waals surface area contributed by atoms with Gasteiger partial charge in [-0.3, -0.25) is 4.79 Å². The van der Waals surface area contributed by atoms with Gasteiger partial charge >= 0.3 is 21.1 Å². The maximum absolute atomic E-state index is 13.4. The van der Waals surface area contributed by atoms with Gasteiger partial charge in [0, 0.05) is 5.69 Å². The molecule has 11 heteroatoms. The fourth-order valence-electron chi connectivity index (χ4n) is 3.26. The zero-order chi connectivity index (χ0) is 24.3. The third-order valence-corrected chi connectivity index (χ3v) is 7.96. The maximum Gasteiger partial charge on any atom is 0.339 e. The Morgan fingerprint density at radius 2 is 1.76 bits per heavy atom. The summed E-state index contributed by atoms with van der Waals surface area (Å²) in [5, 5.41) is 3.17. The van der Waals surface area contributed by atoms with E-state index < -0.39 is 21.9 Å². The second-order valence-corrected chi connectivity index (χ2v) is 10.2. The summed E-state index contributed by atoms with van der Waals surface area (Å²) in [5.74, 6) is -1.11. The number of H-pyrrole nitrogens is 1. The number of fused-ring (bicyclic) bond motifs is 1. The highest BCUT2D eigenvalue weighted by atomic mass is 35.5. The van der Waals surface area contributed by atoms with Crippen molar-refractivity contribution in [2.24, 2.45) is 0 Å². The van der Waals surface area contributed by atoms with Crippen LogP contribution in [0.15, 0.2) is 82.8 Å². The lowest BCUT2D eigenvalue weighted by Crippen LogP contribution is -2.44. The number of aromatic nitrogens is 2. The summed E-state index contributed by atoms with van der Waals surface area (Å²) < 4.78 is 32.7. The van der Waals surface area contributed by atoms with Gasteiger partial charge in [-0.1, -0.05) is 41.9 Å². The van der Waals surface area contributed by atoms with Crippen LogP contribution < -0.4 is 9.29 Å². The highest BCUT2D eigenvalue weighted by molar-refractivity contribution is 8.00. The molecule has 0 saturated carbocycles. The minimum absolute atomic E-state index is 0.0900. The van der Waals surface area contributed by atoms with Gasteiger partial charge in [-0.15, -0.1) is 3.97 Å². The minimum atomic E-state index is -3.92. The molecule has 0 fully saturated rings. The number of benzene rings is 3. The number of hydrogen-bond acceptors (Lipinski definition) is 6. The third kappa shape index (κ3) is 4.79. The number of methoxy groups -OCH3 is 1. The van der Waals surface area contributed by atoms with Gasteiger partial charge in [0.25, 0.3) is 0 Å². The first kappa shape index (κ1) is 23.8. The van der Waals surface area contributed by atoms with E-state index >= 15 is 0 Å². The predicted molar refractivity (Wildman–Crippen MR) is 130 cm³/mol. The lowest BCUT2D eigenvalue weighted by molar-refractivity contribution is -0.526. The molecule has 4 aromatic rings. The molecule has 0 aliphatic heterocycles. The monoisotopic (exact) mass is 516 g/mol. The zero-order valence-corrected chi connectivity index (χ0v) is 20.2. The number of rotatable bonds is 7. The van der Waals surface area contributed by atoms with Crippen LogP contribution in [-0.2, 0) is 19.6 Å². The Labute approximate surface area is 204 Å². The van der Waals surface area contributed by atoms with Gasteiger partial charge in [-0.2, -0.15) is 8.42 Å². The van der Waals surface area contributed by atoms with Crippen LogP contribution in [0.4, 0.5) is 5.69 Å². The Hall–Kier alpha value is -3.34. The number of thioether (sulfide) groups is 1. The van der Waals surface area contributed by atoms with E-state index in [4.69, 9.17) is 11.6 Å². The van der Waals surface area contributed by atoms with Crippen LogP contribution in [0.2, 0.25) is 5.02 Å². The molecule has 0 saturated heterocycles. The van der Waals surface area contributed by atoms with E-state index in [1.54, 1.807) is 48.5 Å². The number of halogens is 1. The molecule has 0 bridgehead atoms. The van der Waals surface area contributed by atoms with Gasteiger partial charge < -0.3 is 10.1 Å². The van der Waals surface area contributed by atoms with Gasteiger partial charge in [0.15, 0.2) is 11.0 Å². The van der Waals surface area contributed by atoms with Crippen molar-refractivity contribution in [2.45, 2.75) is 10.1 Å². The van der Waals surface area contributed by atoms with Crippen LogP contribution in [-0.4, -0.2) is 38.1 Å². The smallest absolute Gasteiger partial charge is 0.339 e. The molecule has 1 heterocycles. The van der Waals surface area contributed by atoms with Gasteiger partial charge in [0.1, 0.15) is 4.90 Å². The summed E-state index contributed by atoms with van der Waals surface area (Å²) >= 11 is 7.05. The molecule has 34 heavy (non-hydrogen) atoms. The Morgan fingerprint density at radius 1 is 1.06 bits per heavy atom. The van der Waals surface area contributed by atoms with E-state index in [1.165, 1.54) is 35.3 Å².